The molecule has 2 aromatic carbocycles. The van der Waals surface area contributed by atoms with Crippen LogP contribution < -0.4 is 9.80 Å². The highest BCUT2D eigenvalue weighted by atomic mass is 28.1. The van der Waals surface area contributed by atoms with Crippen LogP contribution in [-0.2, 0) is 0 Å². The Morgan fingerprint density at radius 3 is 1.55 bits per heavy atom. The molecule has 2 rings (SSSR count). The van der Waals surface area contributed by atoms with Gasteiger partial charge in [0.15, 0.2) is 0 Å². The number of para-hydroxylation sites is 2. The van der Waals surface area contributed by atoms with E-state index in [0.29, 0.717) is 0 Å². The van der Waals surface area contributed by atoms with Crippen molar-refractivity contribution in [2.24, 2.45) is 0 Å². The zero-order chi connectivity index (χ0) is 14.4. The van der Waals surface area contributed by atoms with Gasteiger partial charge in [-0.3, -0.25) is 0 Å². The highest BCUT2D eigenvalue weighted by molar-refractivity contribution is 6.17. The van der Waals surface area contributed by atoms with Gasteiger partial charge in [0, 0.05) is 35.7 Å². The van der Waals surface area contributed by atoms with E-state index in [1.807, 2.05) is 0 Å². The summed E-state index contributed by atoms with van der Waals surface area (Å²) in [5, 5.41) is 0. The lowest BCUT2D eigenvalue weighted by atomic mass is 10.2. The van der Waals surface area contributed by atoms with Crippen molar-refractivity contribution < 1.29 is 0 Å². The van der Waals surface area contributed by atoms with E-state index in [9.17, 15) is 0 Å². The monoisotopic (exact) mass is 282 g/mol. The molecule has 0 unspecified atom stereocenters. The molecule has 0 heterocycles. The van der Waals surface area contributed by atoms with Crippen LogP contribution in [0, 0.1) is 0 Å². The Morgan fingerprint density at radius 2 is 1.20 bits per heavy atom. The Hall–Kier alpha value is -2.00. The number of hydrogen-bond acceptors (Lipinski definition) is 2. The summed E-state index contributed by atoms with van der Waals surface area (Å²) in [6.07, 6.45) is 2.49. The molecule has 2 aromatic rings. The normalized spacial score (nSPS) is 11.2. The van der Waals surface area contributed by atoms with Gasteiger partial charge < -0.3 is 9.80 Å². The first-order chi connectivity index (χ1) is 9.74. The van der Waals surface area contributed by atoms with Gasteiger partial charge in [-0.2, -0.15) is 0 Å². The maximum absolute atomic E-state index is 2.29. The molecule has 0 aliphatic carbocycles. The molecule has 0 aromatic heterocycles. The topological polar surface area (TPSA) is 6.48 Å². The van der Waals surface area contributed by atoms with Crippen molar-refractivity contribution in [3.05, 3.63) is 72.4 Å². The number of likely N-dealkylation sites (N-methyl/N-ethyl adjacent to an activating group) is 2. The molecular weight excluding hydrogens is 260 g/mol. The van der Waals surface area contributed by atoms with Gasteiger partial charge in [0.25, 0.3) is 0 Å². The number of benzene rings is 2. The molecule has 0 amide bonds. The number of rotatable bonds is 5. The summed E-state index contributed by atoms with van der Waals surface area (Å²) in [5.74, 6) is 0. The number of hydrogen-bond donors (Lipinski definition) is 0. The molecule has 0 saturated heterocycles. The second kappa shape index (κ2) is 6.96. The van der Waals surface area contributed by atoms with Crippen molar-refractivity contribution in [2.45, 2.75) is 6.17 Å². The van der Waals surface area contributed by atoms with Crippen molar-refractivity contribution >= 4 is 21.6 Å². The van der Waals surface area contributed by atoms with Crippen molar-refractivity contribution in [3.8, 4) is 0 Å². The fraction of sp³-hybridized carbons (Fsp3) is 0.176. The lowest BCUT2D eigenvalue weighted by molar-refractivity contribution is 0.728. The van der Waals surface area contributed by atoms with Gasteiger partial charge in [-0.1, -0.05) is 42.5 Å². The summed E-state index contributed by atoms with van der Waals surface area (Å²) >= 11 is 0. The molecule has 0 bridgehead atoms. The molecule has 0 saturated carbocycles. The van der Waals surface area contributed by atoms with Crippen molar-refractivity contribution in [1.82, 2.24) is 0 Å². The molecule has 0 atom stereocenters. The number of anilines is 2. The average molecular weight is 282 g/mol. The maximum atomic E-state index is 2.29. The smallest absolute Gasteiger partial charge is 0.120 e. The molecule has 0 spiro atoms. The molecule has 0 N–H and O–H groups in total. The average Bonchev–Trinajstić information content (AvgIpc) is 2.53. The van der Waals surface area contributed by atoms with E-state index in [2.05, 4.69) is 96.3 Å². The van der Waals surface area contributed by atoms with Crippen molar-refractivity contribution in [3.63, 3.8) is 0 Å². The van der Waals surface area contributed by atoms with Gasteiger partial charge in [-0.15, -0.1) is 5.70 Å². The van der Waals surface area contributed by atoms with Gasteiger partial charge in [-0.05, 0) is 24.3 Å². The summed E-state index contributed by atoms with van der Waals surface area (Å²) in [6, 6.07) is 21.0. The molecule has 104 valence electrons. The Bertz CT molecular complexity index is 494. The predicted octanol–water partition coefficient (Wildman–Crippen LogP) is 2.46. The van der Waals surface area contributed by atoms with Gasteiger partial charge >= 0.3 is 0 Å². The lowest BCUT2D eigenvalue weighted by Gasteiger charge is -2.36. The van der Waals surface area contributed by atoms with Gasteiger partial charge in [0.1, 0.15) is 6.17 Å². The van der Waals surface area contributed by atoms with Crippen LogP contribution in [0.15, 0.2) is 72.4 Å². The van der Waals surface area contributed by atoms with Crippen LogP contribution in [0.4, 0.5) is 11.4 Å². The molecule has 2 nitrogen and oxygen atoms in total. The van der Waals surface area contributed by atoms with Crippen LogP contribution in [0.5, 0.6) is 0 Å². The van der Waals surface area contributed by atoms with E-state index >= 15 is 0 Å². The largest absolute Gasteiger partial charge is 0.351 e. The van der Waals surface area contributed by atoms with Gasteiger partial charge in [-0.25, -0.2) is 0 Å². The van der Waals surface area contributed by atoms with E-state index in [4.69, 9.17) is 0 Å². The van der Waals surface area contributed by atoms with E-state index in [1.54, 1.807) is 0 Å². The maximum Gasteiger partial charge on any atom is 0.120 e. The molecule has 0 fully saturated rings. The minimum absolute atomic E-state index is 0.220. The predicted molar refractivity (Wildman–Crippen MR) is 92.6 cm³/mol. The zero-order valence-corrected chi connectivity index (χ0v) is 14.4. The Balaban J connectivity index is 2.27. The summed E-state index contributed by atoms with van der Waals surface area (Å²) in [7, 11) is 5.35. The van der Waals surface area contributed by atoms with E-state index in [1.165, 1.54) is 11.4 Å². The second-order valence-corrected chi connectivity index (χ2v) is 5.50. The first-order valence-corrected chi connectivity index (χ1v) is 8.08. The molecular formula is C17H22N2Si. The summed E-state index contributed by atoms with van der Waals surface area (Å²) < 4.78 is 0. The number of nitrogens with zero attached hydrogens (tertiary/aromatic N) is 2. The van der Waals surface area contributed by atoms with Crippen LogP contribution in [0.25, 0.3) is 0 Å². The third-order valence-corrected chi connectivity index (χ3v) is 3.87. The van der Waals surface area contributed by atoms with Gasteiger partial charge in [0.05, 0.1) is 0 Å². The first kappa shape index (κ1) is 14.4. The third-order valence-electron chi connectivity index (χ3n) is 3.49. The minimum atomic E-state index is 0.220. The second-order valence-electron chi connectivity index (χ2n) is 4.83. The van der Waals surface area contributed by atoms with Crippen LogP contribution in [-0.4, -0.2) is 30.5 Å². The molecule has 0 aliphatic heterocycles. The van der Waals surface area contributed by atoms with Crippen molar-refractivity contribution in [2.75, 3.05) is 23.9 Å². The molecule has 3 heteroatoms. The van der Waals surface area contributed by atoms with Crippen LogP contribution in [0.3, 0.4) is 0 Å². The van der Waals surface area contributed by atoms with Crippen LogP contribution >= 0.6 is 0 Å². The summed E-state index contributed by atoms with van der Waals surface area (Å²) in [5.41, 5.74) is 4.68. The SMILES string of the molecule is CN(c1ccccc1)C(C=C[SiH3])N(C)c1ccccc1. The summed E-state index contributed by atoms with van der Waals surface area (Å²) in [6.45, 7) is 0. The lowest BCUT2D eigenvalue weighted by Crippen LogP contribution is -2.43. The fourth-order valence-corrected chi connectivity index (χ4v) is 2.67. The molecule has 20 heavy (non-hydrogen) atoms. The minimum Gasteiger partial charge on any atom is -0.351 e. The van der Waals surface area contributed by atoms with E-state index in [-0.39, 0.29) is 6.17 Å². The fourth-order valence-electron chi connectivity index (χ4n) is 2.32. The first-order valence-electron chi connectivity index (χ1n) is 6.92. The third kappa shape index (κ3) is 3.30. The van der Waals surface area contributed by atoms with E-state index < -0.39 is 0 Å². The standard InChI is InChI=1S/C17H22N2Si/c1-18(15-9-5-3-6-10-15)17(13-14-20)19(2)16-11-7-4-8-12-16/h3-14,17H,1-2,20H3. The molecule has 0 aliphatic rings. The zero-order valence-electron chi connectivity index (χ0n) is 12.4. The van der Waals surface area contributed by atoms with Crippen LogP contribution in [0.1, 0.15) is 0 Å². The highest BCUT2D eigenvalue weighted by Crippen LogP contribution is 2.21. The molecule has 0 radical (unpaired) electrons. The van der Waals surface area contributed by atoms with Crippen molar-refractivity contribution in [1.29, 1.82) is 0 Å². The van der Waals surface area contributed by atoms with E-state index in [0.717, 1.165) is 10.2 Å². The summed E-state index contributed by atoms with van der Waals surface area (Å²) in [4.78, 5) is 4.59. The quantitative estimate of drug-likeness (QED) is 0.614. The highest BCUT2D eigenvalue weighted by Gasteiger charge is 2.17. The Labute approximate surface area is 124 Å². The Kier molecular flexibility index (Phi) is 5.01. The Morgan fingerprint density at radius 1 is 0.800 bits per heavy atom. The van der Waals surface area contributed by atoms with Crippen LogP contribution in [0.2, 0.25) is 0 Å². The van der Waals surface area contributed by atoms with Gasteiger partial charge in [0.2, 0.25) is 0 Å².